The molecule has 2 aliphatic heterocycles. The summed E-state index contributed by atoms with van der Waals surface area (Å²) in [5.41, 5.74) is 0.973. The fourth-order valence-corrected chi connectivity index (χ4v) is 3.58. The SMILES string of the molecule is O=[N+]([O-])c1ccc(Cl)c(CN2CCN3CCCCC3C2)c1. The Hall–Kier alpha value is -1.17. The molecule has 3 rings (SSSR count). The third-order valence-corrected chi connectivity index (χ3v) is 4.92. The number of fused-ring (bicyclic) bond motifs is 1. The van der Waals surface area contributed by atoms with E-state index in [4.69, 9.17) is 11.6 Å². The maximum absolute atomic E-state index is 10.9. The largest absolute Gasteiger partial charge is 0.298 e. The van der Waals surface area contributed by atoms with Gasteiger partial charge in [0.05, 0.1) is 4.92 Å². The fraction of sp³-hybridized carbons (Fsp3) is 0.600. The first kappa shape index (κ1) is 14.8. The highest BCUT2D eigenvalue weighted by atomic mass is 35.5. The summed E-state index contributed by atoms with van der Waals surface area (Å²) < 4.78 is 0. The highest BCUT2D eigenvalue weighted by molar-refractivity contribution is 6.31. The summed E-state index contributed by atoms with van der Waals surface area (Å²) in [4.78, 5) is 15.5. The summed E-state index contributed by atoms with van der Waals surface area (Å²) in [5.74, 6) is 0. The minimum Gasteiger partial charge on any atom is -0.298 e. The van der Waals surface area contributed by atoms with E-state index >= 15 is 0 Å². The van der Waals surface area contributed by atoms with Gasteiger partial charge in [-0.25, -0.2) is 0 Å². The van der Waals surface area contributed by atoms with Crippen LogP contribution in [0.15, 0.2) is 18.2 Å². The number of nitro groups is 1. The van der Waals surface area contributed by atoms with Crippen LogP contribution in [0.5, 0.6) is 0 Å². The molecule has 2 saturated heterocycles. The molecular weight excluding hydrogens is 290 g/mol. The van der Waals surface area contributed by atoms with E-state index in [9.17, 15) is 10.1 Å². The number of piperazine rings is 1. The van der Waals surface area contributed by atoms with E-state index in [1.54, 1.807) is 12.1 Å². The van der Waals surface area contributed by atoms with Crippen LogP contribution < -0.4 is 0 Å². The molecule has 2 fully saturated rings. The highest BCUT2D eigenvalue weighted by Gasteiger charge is 2.29. The van der Waals surface area contributed by atoms with Gasteiger partial charge in [0.2, 0.25) is 0 Å². The second-order valence-corrected chi connectivity index (χ2v) is 6.36. The molecule has 1 atom stereocenters. The Balaban J connectivity index is 1.69. The number of non-ortho nitro benzene ring substituents is 1. The summed E-state index contributed by atoms with van der Waals surface area (Å²) in [7, 11) is 0. The topological polar surface area (TPSA) is 49.6 Å². The molecule has 0 aliphatic carbocycles. The first-order valence-electron chi connectivity index (χ1n) is 7.53. The highest BCUT2D eigenvalue weighted by Crippen LogP contribution is 2.26. The molecule has 2 heterocycles. The number of hydrogen-bond donors (Lipinski definition) is 0. The number of piperidine rings is 1. The van der Waals surface area contributed by atoms with Crippen LogP contribution in [0.2, 0.25) is 5.02 Å². The van der Waals surface area contributed by atoms with Gasteiger partial charge in [0.15, 0.2) is 0 Å². The maximum atomic E-state index is 10.9. The van der Waals surface area contributed by atoms with Crippen LogP contribution >= 0.6 is 11.6 Å². The van der Waals surface area contributed by atoms with Crippen molar-refractivity contribution in [2.24, 2.45) is 0 Å². The Morgan fingerprint density at radius 3 is 2.95 bits per heavy atom. The van der Waals surface area contributed by atoms with Gasteiger partial charge in [-0.3, -0.25) is 19.9 Å². The zero-order chi connectivity index (χ0) is 14.8. The number of nitro benzene ring substituents is 1. The summed E-state index contributed by atoms with van der Waals surface area (Å²) >= 11 is 6.20. The zero-order valence-electron chi connectivity index (χ0n) is 12.0. The molecule has 0 bridgehead atoms. The van der Waals surface area contributed by atoms with Crippen molar-refractivity contribution in [3.05, 3.63) is 38.9 Å². The number of benzene rings is 1. The third kappa shape index (κ3) is 3.36. The predicted octanol–water partition coefficient (Wildman–Crippen LogP) is 2.92. The van der Waals surface area contributed by atoms with Crippen molar-refractivity contribution in [1.29, 1.82) is 0 Å². The van der Waals surface area contributed by atoms with Crippen molar-refractivity contribution in [3.8, 4) is 0 Å². The molecule has 5 nitrogen and oxygen atoms in total. The van der Waals surface area contributed by atoms with Crippen molar-refractivity contribution in [1.82, 2.24) is 9.80 Å². The molecule has 0 radical (unpaired) electrons. The minimum atomic E-state index is -0.362. The second-order valence-electron chi connectivity index (χ2n) is 5.95. The van der Waals surface area contributed by atoms with Crippen molar-refractivity contribution >= 4 is 17.3 Å². The number of rotatable bonds is 3. The lowest BCUT2D eigenvalue weighted by molar-refractivity contribution is -0.384. The van der Waals surface area contributed by atoms with Crippen LogP contribution in [-0.4, -0.2) is 46.9 Å². The van der Waals surface area contributed by atoms with Crippen LogP contribution in [-0.2, 0) is 6.54 Å². The van der Waals surface area contributed by atoms with Gasteiger partial charge in [0, 0.05) is 49.4 Å². The van der Waals surface area contributed by atoms with E-state index < -0.39 is 0 Å². The van der Waals surface area contributed by atoms with Crippen LogP contribution in [0.4, 0.5) is 5.69 Å². The molecule has 0 spiro atoms. The number of halogens is 1. The van der Waals surface area contributed by atoms with Crippen LogP contribution in [0.3, 0.4) is 0 Å². The average molecular weight is 310 g/mol. The van der Waals surface area contributed by atoms with Crippen LogP contribution in [0.1, 0.15) is 24.8 Å². The normalized spacial score (nSPS) is 23.8. The maximum Gasteiger partial charge on any atom is 0.269 e. The monoisotopic (exact) mass is 309 g/mol. The van der Waals surface area contributed by atoms with E-state index in [0.717, 1.165) is 25.2 Å². The molecule has 2 aliphatic rings. The van der Waals surface area contributed by atoms with Crippen molar-refractivity contribution in [2.45, 2.75) is 31.8 Å². The standard InChI is InChI=1S/C15H20ClN3O2/c16-15-5-4-13(19(20)21)9-12(15)10-17-7-8-18-6-2-1-3-14(18)11-17/h4-5,9,14H,1-3,6-8,10-11H2. The lowest BCUT2D eigenvalue weighted by atomic mass is 9.99. The summed E-state index contributed by atoms with van der Waals surface area (Å²) in [6.07, 6.45) is 3.89. The van der Waals surface area contributed by atoms with Gasteiger partial charge in [-0.05, 0) is 31.0 Å². The Morgan fingerprint density at radius 1 is 1.29 bits per heavy atom. The molecule has 6 heteroatoms. The third-order valence-electron chi connectivity index (χ3n) is 4.56. The molecule has 0 N–H and O–H groups in total. The number of nitrogens with zero attached hydrogens (tertiary/aromatic N) is 3. The first-order valence-corrected chi connectivity index (χ1v) is 7.90. The quantitative estimate of drug-likeness (QED) is 0.636. The van der Waals surface area contributed by atoms with Crippen LogP contribution in [0, 0.1) is 10.1 Å². The summed E-state index contributed by atoms with van der Waals surface area (Å²) in [6.45, 7) is 5.06. The van der Waals surface area contributed by atoms with E-state index in [-0.39, 0.29) is 10.6 Å². The minimum absolute atomic E-state index is 0.116. The Morgan fingerprint density at radius 2 is 2.14 bits per heavy atom. The van der Waals surface area contributed by atoms with Gasteiger partial charge in [0.1, 0.15) is 0 Å². The van der Waals surface area contributed by atoms with Gasteiger partial charge >= 0.3 is 0 Å². The fourth-order valence-electron chi connectivity index (χ4n) is 3.40. The lowest BCUT2D eigenvalue weighted by Gasteiger charge is -2.44. The molecular formula is C15H20ClN3O2. The summed E-state index contributed by atoms with van der Waals surface area (Å²) in [6, 6.07) is 5.34. The van der Waals surface area contributed by atoms with Crippen LogP contribution in [0.25, 0.3) is 0 Å². The van der Waals surface area contributed by atoms with Gasteiger partial charge < -0.3 is 0 Å². The second kappa shape index (κ2) is 6.30. The molecule has 1 unspecified atom stereocenters. The Kier molecular flexibility index (Phi) is 4.42. The Labute approximate surface area is 129 Å². The number of hydrogen-bond acceptors (Lipinski definition) is 4. The molecule has 0 aromatic heterocycles. The lowest BCUT2D eigenvalue weighted by Crippen LogP contribution is -2.54. The molecule has 21 heavy (non-hydrogen) atoms. The molecule has 0 saturated carbocycles. The molecule has 114 valence electrons. The zero-order valence-corrected chi connectivity index (χ0v) is 12.8. The molecule has 1 aromatic carbocycles. The van der Waals surface area contributed by atoms with Gasteiger partial charge in [-0.2, -0.15) is 0 Å². The molecule has 0 amide bonds. The van der Waals surface area contributed by atoms with Gasteiger partial charge in [-0.1, -0.05) is 18.0 Å². The van der Waals surface area contributed by atoms with Gasteiger partial charge in [-0.15, -0.1) is 0 Å². The van der Waals surface area contributed by atoms with E-state index in [0.29, 0.717) is 17.6 Å². The van der Waals surface area contributed by atoms with Crippen molar-refractivity contribution in [3.63, 3.8) is 0 Å². The predicted molar refractivity (Wildman–Crippen MR) is 82.6 cm³/mol. The van der Waals surface area contributed by atoms with E-state index in [1.165, 1.54) is 31.9 Å². The smallest absolute Gasteiger partial charge is 0.269 e. The average Bonchev–Trinajstić information content (AvgIpc) is 2.49. The van der Waals surface area contributed by atoms with E-state index in [1.807, 2.05) is 0 Å². The van der Waals surface area contributed by atoms with Gasteiger partial charge in [0.25, 0.3) is 5.69 Å². The van der Waals surface area contributed by atoms with Crippen molar-refractivity contribution < 1.29 is 4.92 Å². The van der Waals surface area contributed by atoms with Crippen molar-refractivity contribution in [2.75, 3.05) is 26.2 Å². The summed E-state index contributed by atoms with van der Waals surface area (Å²) in [5, 5.41) is 11.5. The molecule has 1 aromatic rings. The Bertz CT molecular complexity index is 538. The van der Waals surface area contributed by atoms with E-state index in [2.05, 4.69) is 9.80 Å². The first-order chi connectivity index (χ1) is 10.1.